The van der Waals surface area contributed by atoms with E-state index in [-0.39, 0.29) is 38.1 Å². The van der Waals surface area contributed by atoms with Crippen LogP contribution in [0.2, 0.25) is 36.3 Å². The van der Waals surface area contributed by atoms with Gasteiger partial charge in [-0.05, 0) is 33.7 Å². The van der Waals surface area contributed by atoms with Crippen LogP contribution in [0, 0.1) is 0 Å². The lowest BCUT2D eigenvalue weighted by Gasteiger charge is -2.23. The SMILES string of the molecule is CCCCCC[SiH2]c1ccc(OP(Cl)Oc2ccc([SiH2]CCCCCC)c([SiH2]CCCCCC)c2[SiH2]CCCCCC)c([SiH2]CCCCCC)c1[SiH2]CCCCCC. The van der Waals surface area contributed by atoms with Crippen LogP contribution in [0.3, 0.4) is 0 Å². The highest BCUT2D eigenvalue weighted by molar-refractivity contribution is 7.76. The molecule has 2 aromatic carbocycles. The molecule has 0 atom stereocenters. The summed E-state index contributed by atoms with van der Waals surface area (Å²) in [4.78, 5) is 0. The number of unbranched alkanes of at least 4 members (excludes halogenated alkanes) is 18. The summed E-state index contributed by atoms with van der Waals surface area (Å²) in [6.45, 7) is 14.0. The third-order valence-electron chi connectivity index (χ3n) is 12.5. The lowest BCUT2D eigenvalue weighted by atomic mass is 10.2. The first-order chi connectivity index (χ1) is 28.5. The Morgan fingerprint density at radius 3 is 0.879 bits per heavy atom. The van der Waals surface area contributed by atoms with Gasteiger partial charge in [-0.25, -0.2) is 0 Å². The zero-order valence-corrected chi connectivity index (χ0v) is 49.5. The molecule has 0 aliphatic rings. The third-order valence-corrected chi connectivity index (χ3v) is 28.5. The van der Waals surface area contributed by atoms with E-state index >= 15 is 0 Å². The third kappa shape index (κ3) is 24.1. The molecule has 0 amide bonds. The summed E-state index contributed by atoms with van der Waals surface area (Å²) < 4.78 is 13.9. The smallest absolute Gasteiger partial charge is 0.401 e. The maximum Gasteiger partial charge on any atom is 0.401 e. The zero-order chi connectivity index (χ0) is 41.9. The van der Waals surface area contributed by atoms with Crippen molar-refractivity contribution in [1.82, 2.24) is 0 Å². The highest BCUT2D eigenvalue weighted by Gasteiger charge is 2.22. The Labute approximate surface area is 381 Å². The predicted octanol–water partition coefficient (Wildman–Crippen LogP) is 9.37. The summed E-state index contributed by atoms with van der Waals surface area (Å²) in [5.74, 6) is 2.26. The summed E-state index contributed by atoms with van der Waals surface area (Å²) in [5.41, 5.74) is 0. The van der Waals surface area contributed by atoms with Crippen molar-refractivity contribution >= 4 is 107 Å². The standard InChI is InChI=1S/C48H94ClO2PSi6/c1-7-13-19-25-35-53-43-33-31-41(45(55-37-27-21-15-9-3)47(43)57-39-29-23-17-11-5)50-52(49)51-42-32-34-44(54-36-26-20-14-8-2)48(58-40-30-24-18-12-6)46(42)56-38-28-22-16-10-4/h31-34H,7-30,35-40,53-58H2,1-6H3. The average Bonchev–Trinajstić information content (AvgIpc) is 3.22. The molecule has 334 valence electrons. The van der Waals surface area contributed by atoms with Gasteiger partial charge in [-0.15, -0.1) is 0 Å². The van der Waals surface area contributed by atoms with E-state index in [0.717, 1.165) is 11.5 Å². The summed E-state index contributed by atoms with van der Waals surface area (Å²) >= 11 is 7.36. The topological polar surface area (TPSA) is 18.5 Å². The van der Waals surface area contributed by atoms with Crippen LogP contribution >= 0.6 is 19.0 Å². The van der Waals surface area contributed by atoms with E-state index in [1.807, 2.05) is 10.4 Å². The number of hydrogen-bond acceptors (Lipinski definition) is 2. The first kappa shape index (κ1) is 54.2. The van der Waals surface area contributed by atoms with Gasteiger partial charge in [-0.1, -0.05) is 265 Å². The van der Waals surface area contributed by atoms with Crippen LogP contribution in [0.25, 0.3) is 0 Å². The Morgan fingerprint density at radius 1 is 0.345 bits per heavy atom. The average molecular weight is 938 g/mol. The fraction of sp³-hybridized carbons (Fsp3) is 0.750. The molecule has 2 aromatic rings. The van der Waals surface area contributed by atoms with Crippen molar-refractivity contribution in [1.29, 1.82) is 0 Å². The van der Waals surface area contributed by atoms with Gasteiger partial charge in [0.1, 0.15) is 11.5 Å². The molecule has 0 N–H and O–H groups in total. The van der Waals surface area contributed by atoms with Gasteiger partial charge in [-0.2, -0.15) is 0 Å². The van der Waals surface area contributed by atoms with Crippen LogP contribution in [0.4, 0.5) is 0 Å². The van der Waals surface area contributed by atoms with Gasteiger partial charge in [-0.3, -0.25) is 0 Å². The number of hydrogen-bond donors (Lipinski definition) is 0. The minimum absolute atomic E-state index is 0.258. The molecular formula is C48H94ClO2PSi6. The van der Waals surface area contributed by atoms with Crippen LogP contribution in [-0.2, 0) is 0 Å². The van der Waals surface area contributed by atoms with Gasteiger partial charge in [0.25, 0.3) is 0 Å². The maximum absolute atomic E-state index is 7.36. The van der Waals surface area contributed by atoms with E-state index in [2.05, 4.69) is 65.8 Å². The molecule has 0 unspecified atom stereocenters. The second-order valence-electron chi connectivity index (χ2n) is 17.7. The molecule has 2 rings (SSSR count). The van der Waals surface area contributed by atoms with Crippen molar-refractivity contribution in [2.24, 2.45) is 0 Å². The zero-order valence-electron chi connectivity index (χ0n) is 39.4. The van der Waals surface area contributed by atoms with Crippen LogP contribution in [0.5, 0.6) is 11.5 Å². The first-order valence-corrected chi connectivity index (χ1v) is 38.0. The molecule has 0 saturated carbocycles. The minimum atomic E-state index is -1.57. The quantitative estimate of drug-likeness (QED) is 0.0377. The van der Waals surface area contributed by atoms with Crippen LogP contribution in [0.1, 0.15) is 196 Å². The number of rotatable bonds is 40. The number of benzene rings is 2. The molecule has 0 aromatic heterocycles. The Kier molecular flexibility index (Phi) is 35.1. The highest BCUT2D eigenvalue weighted by atomic mass is 35.7. The molecule has 0 spiro atoms. The molecule has 10 heteroatoms. The maximum atomic E-state index is 7.36. The second kappa shape index (κ2) is 37.6. The molecular weight excluding hydrogens is 843 g/mol. The fourth-order valence-electron chi connectivity index (χ4n) is 8.88. The van der Waals surface area contributed by atoms with E-state index < -0.39 is 26.8 Å². The van der Waals surface area contributed by atoms with E-state index in [9.17, 15) is 0 Å². The molecule has 0 fully saturated rings. The summed E-state index contributed by atoms with van der Waals surface area (Å²) in [7, 11) is -3.61. The van der Waals surface area contributed by atoms with Crippen molar-refractivity contribution in [3.05, 3.63) is 24.3 Å². The Balaban J connectivity index is 2.47. The van der Waals surface area contributed by atoms with Gasteiger partial charge >= 0.3 is 7.73 Å². The van der Waals surface area contributed by atoms with Crippen LogP contribution in [0.15, 0.2) is 24.3 Å². The molecule has 58 heavy (non-hydrogen) atoms. The normalized spacial score (nSPS) is 13.3. The second-order valence-corrected chi connectivity index (χ2v) is 31.0. The van der Waals surface area contributed by atoms with Gasteiger partial charge in [0.05, 0.1) is 57.1 Å². The summed E-state index contributed by atoms with van der Waals surface area (Å²) in [6.07, 6.45) is 33.1. The lowest BCUT2D eigenvalue weighted by molar-refractivity contribution is 0.512. The summed E-state index contributed by atoms with van der Waals surface area (Å²) in [6, 6.07) is 18.5. The number of halogens is 1. The highest BCUT2D eigenvalue weighted by Crippen LogP contribution is 2.43. The minimum Gasteiger partial charge on any atom is -0.427 e. The van der Waals surface area contributed by atoms with Gasteiger partial charge in [0.15, 0.2) is 0 Å². The lowest BCUT2D eigenvalue weighted by Crippen LogP contribution is -2.48. The van der Waals surface area contributed by atoms with E-state index in [4.69, 9.17) is 20.3 Å². The largest absolute Gasteiger partial charge is 0.427 e. The van der Waals surface area contributed by atoms with Crippen molar-refractivity contribution in [3.8, 4) is 11.5 Å². The first-order valence-electron chi connectivity index (χ1n) is 25.6. The molecule has 0 aliphatic carbocycles. The van der Waals surface area contributed by atoms with Crippen molar-refractivity contribution in [2.75, 3.05) is 0 Å². The molecule has 0 bridgehead atoms. The van der Waals surface area contributed by atoms with Gasteiger partial charge in [0, 0.05) is 0 Å². The van der Waals surface area contributed by atoms with Crippen LogP contribution in [-0.4, -0.2) is 57.1 Å². The van der Waals surface area contributed by atoms with Crippen molar-refractivity contribution in [3.63, 3.8) is 0 Å². The summed E-state index contributed by atoms with van der Waals surface area (Å²) in [5, 5.41) is 10.7. The van der Waals surface area contributed by atoms with E-state index in [0.29, 0.717) is 0 Å². The van der Waals surface area contributed by atoms with E-state index in [1.54, 1.807) is 20.7 Å². The van der Waals surface area contributed by atoms with Crippen molar-refractivity contribution in [2.45, 2.75) is 232 Å². The Morgan fingerprint density at radius 2 is 0.603 bits per heavy atom. The van der Waals surface area contributed by atoms with Crippen LogP contribution < -0.4 is 40.2 Å². The monoisotopic (exact) mass is 937 g/mol. The molecule has 2 nitrogen and oxygen atoms in total. The fourth-order valence-corrected chi connectivity index (χ4v) is 26.2. The van der Waals surface area contributed by atoms with Gasteiger partial charge < -0.3 is 9.05 Å². The predicted molar refractivity (Wildman–Crippen MR) is 290 cm³/mol. The molecule has 0 heterocycles. The molecule has 0 radical (unpaired) electrons. The van der Waals surface area contributed by atoms with Gasteiger partial charge in [0.2, 0.25) is 0 Å². The Hall–Kier alpha value is 0.0613. The van der Waals surface area contributed by atoms with Crippen molar-refractivity contribution < 1.29 is 9.05 Å². The molecule has 0 aliphatic heterocycles. The Bertz CT molecular complexity index is 1190. The molecule has 0 saturated heterocycles. The van der Waals surface area contributed by atoms with E-state index in [1.165, 1.54) is 190 Å².